The van der Waals surface area contributed by atoms with E-state index < -0.39 is 5.41 Å². The molecule has 0 spiro atoms. The molecule has 0 saturated heterocycles. The fourth-order valence-electron chi connectivity index (χ4n) is 3.05. The Morgan fingerprint density at radius 2 is 1.95 bits per heavy atom. The zero-order valence-corrected chi connectivity index (χ0v) is 12.1. The number of methoxy groups -OCH3 is 1. The van der Waals surface area contributed by atoms with Crippen LogP contribution in [0.1, 0.15) is 38.2 Å². The molecule has 1 aliphatic carbocycles. The van der Waals surface area contributed by atoms with E-state index in [2.05, 4.69) is 5.32 Å². The molecule has 110 valence electrons. The molecule has 1 atom stereocenters. The van der Waals surface area contributed by atoms with Crippen molar-refractivity contribution in [2.75, 3.05) is 13.7 Å². The number of hydrogen-bond acceptors (Lipinski definition) is 2. The summed E-state index contributed by atoms with van der Waals surface area (Å²) >= 11 is 0. The first kappa shape index (κ1) is 15.0. The van der Waals surface area contributed by atoms with Gasteiger partial charge in [0.25, 0.3) is 0 Å². The number of nitrogens with one attached hydrogen (secondary N) is 1. The molecule has 1 amide bonds. The normalized spacial score (nSPS) is 18.8. The predicted octanol–water partition coefficient (Wildman–Crippen LogP) is 2.79. The van der Waals surface area contributed by atoms with Gasteiger partial charge in [0.1, 0.15) is 5.82 Å². The summed E-state index contributed by atoms with van der Waals surface area (Å²) in [6.45, 7) is 2.42. The van der Waals surface area contributed by atoms with Crippen molar-refractivity contribution in [2.45, 2.75) is 44.1 Å². The van der Waals surface area contributed by atoms with E-state index >= 15 is 0 Å². The summed E-state index contributed by atoms with van der Waals surface area (Å²) in [6, 6.07) is 6.32. The Bertz CT molecular complexity index is 452. The maximum absolute atomic E-state index is 13.1. The van der Waals surface area contributed by atoms with E-state index in [0.717, 1.165) is 31.2 Å². The minimum Gasteiger partial charge on any atom is -0.383 e. The lowest BCUT2D eigenvalue weighted by Gasteiger charge is -2.30. The lowest BCUT2D eigenvalue weighted by atomic mass is 9.78. The van der Waals surface area contributed by atoms with Crippen molar-refractivity contribution in [3.63, 3.8) is 0 Å². The van der Waals surface area contributed by atoms with E-state index in [-0.39, 0.29) is 17.8 Å². The third-order valence-corrected chi connectivity index (χ3v) is 4.08. The summed E-state index contributed by atoms with van der Waals surface area (Å²) in [5.74, 6) is -0.235. The highest BCUT2D eigenvalue weighted by atomic mass is 19.1. The average molecular weight is 279 g/mol. The van der Waals surface area contributed by atoms with E-state index in [9.17, 15) is 9.18 Å². The molecule has 0 aliphatic heterocycles. The third-order valence-electron chi connectivity index (χ3n) is 4.08. The van der Waals surface area contributed by atoms with Crippen LogP contribution in [0.2, 0.25) is 0 Å². The van der Waals surface area contributed by atoms with Gasteiger partial charge in [-0.15, -0.1) is 0 Å². The van der Waals surface area contributed by atoms with Crippen LogP contribution in [-0.4, -0.2) is 25.7 Å². The van der Waals surface area contributed by atoms with Crippen LogP contribution in [0.4, 0.5) is 4.39 Å². The van der Waals surface area contributed by atoms with Crippen LogP contribution < -0.4 is 5.32 Å². The molecule has 1 unspecified atom stereocenters. The number of carbonyl (C=O) groups is 1. The Morgan fingerprint density at radius 3 is 2.50 bits per heavy atom. The minimum absolute atomic E-state index is 0.0228. The van der Waals surface area contributed by atoms with Crippen LogP contribution in [0.25, 0.3) is 0 Å². The molecule has 4 heteroatoms. The van der Waals surface area contributed by atoms with Crippen molar-refractivity contribution in [2.24, 2.45) is 0 Å². The summed E-state index contributed by atoms with van der Waals surface area (Å²) in [7, 11) is 1.62. The Morgan fingerprint density at radius 1 is 1.35 bits per heavy atom. The van der Waals surface area contributed by atoms with Gasteiger partial charge in [-0.25, -0.2) is 4.39 Å². The van der Waals surface area contributed by atoms with Gasteiger partial charge in [0.15, 0.2) is 0 Å². The number of amides is 1. The quantitative estimate of drug-likeness (QED) is 0.900. The van der Waals surface area contributed by atoms with Gasteiger partial charge in [0, 0.05) is 13.2 Å². The zero-order valence-electron chi connectivity index (χ0n) is 12.1. The molecule has 1 saturated carbocycles. The molecule has 1 fully saturated rings. The molecule has 1 aliphatic rings. The molecular formula is C16H22FNO2. The summed E-state index contributed by atoms with van der Waals surface area (Å²) in [5.41, 5.74) is 0.411. The fourth-order valence-corrected chi connectivity index (χ4v) is 3.05. The lowest BCUT2D eigenvalue weighted by Crippen LogP contribution is -2.47. The highest BCUT2D eigenvalue weighted by Crippen LogP contribution is 2.41. The minimum atomic E-state index is -0.504. The standard InChI is InChI=1S/C16H22FNO2/c1-12(11-20-2)18-15(19)16(9-3-4-10-16)13-5-7-14(17)8-6-13/h5-8,12H,3-4,9-11H2,1-2H3,(H,18,19). The highest BCUT2D eigenvalue weighted by Gasteiger charge is 2.42. The van der Waals surface area contributed by atoms with Crippen molar-refractivity contribution in [1.82, 2.24) is 5.32 Å². The Labute approximate surface area is 119 Å². The molecule has 20 heavy (non-hydrogen) atoms. The van der Waals surface area contributed by atoms with Crippen LogP contribution in [0.15, 0.2) is 24.3 Å². The van der Waals surface area contributed by atoms with Gasteiger partial charge in [-0.05, 0) is 37.5 Å². The number of rotatable bonds is 5. The van der Waals surface area contributed by atoms with Gasteiger partial charge in [-0.2, -0.15) is 0 Å². The molecule has 0 heterocycles. The molecule has 0 bridgehead atoms. The highest BCUT2D eigenvalue weighted by molar-refractivity contribution is 5.88. The number of halogens is 1. The predicted molar refractivity (Wildman–Crippen MR) is 76.0 cm³/mol. The number of benzene rings is 1. The largest absolute Gasteiger partial charge is 0.383 e. The van der Waals surface area contributed by atoms with Gasteiger partial charge >= 0.3 is 0 Å². The summed E-state index contributed by atoms with van der Waals surface area (Å²) < 4.78 is 18.2. The molecule has 1 aromatic carbocycles. The monoisotopic (exact) mass is 279 g/mol. The first-order chi connectivity index (χ1) is 9.58. The SMILES string of the molecule is COCC(C)NC(=O)C1(c2ccc(F)cc2)CCCC1. The van der Waals surface area contributed by atoms with Crippen LogP contribution in [0.5, 0.6) is 0 Å². The van der Waals surface area contributed by atoms with E-state index in [4.69, 9.17) is 4.74 Å². The van der Waals surface area contributed by atoms with Crippen molar-refractivity contribution < 1.29 is 13.9 Å². The second-order valence-corrected chi connectivity index (χ2v) is 5.63. The second-order valence-electron chi connectivity index (χ2n) is 5.63. The van der Waals surface area contributed by atoms with E-state index in [1.54, 1.807) is 19.2 Å². The van der Waals surface area contributed by atoms with E-state index in [1.807, 2.05) is 6.92 Å². The molecule has 1 aromatic rings. The summed E-state index contributed by atoms with van der Waals surface area (Å²) in [6.07, 6.45) is 3.71. The Hall–Kier alpha value is -1.42. The second kappa shape index (κ2) is 6.35. The van der Waals surface area contributed by atoms with Gasteiger partial charge in [-0.3, -0.25) is 4.79 Å². The molecule has 2 rings (SSSR count). The smallest absolute Gasteiger partial charge is 0.230 e. The van der Waals surface area contributed by atoms with Crippen molar-refractivity contribution in [1.29, 1.82) is 0 Å². The number of carbonyl (C=O) groups excluding carboxylic acids is 1. The van der Waals surface area contributed by atoms with Gasteiger partial charge in [0.05, 0.1) is 12.0 Å². The van der Waals surface area contributed by atoms with Crippen LogP contribution in [0, 0.1) is 5.82 Å². The van der Waals surface area contributed by atoms with Crippen molar-refractivity contribution >= 4 is 5.91 Å². The van der Waals surface area contributed by atoms with E-state index in [0.29, 0.717) is 6.61 Å². The van der Waals surface area contributed by atoms with Gasteiger partial charge in [0.2, 0.25) is 5.91 Å². The van der Waals surface area contributed by atoms with Gasteiger partial charge in [-0.1, -0.05) is 25.0 Å². The molecule has 0 radical (unpaired) electrons. The van der Waals surface area contributed by atoms with Gasteiger partial charge < -0.3 is 10.1 Å². The average Bonchev–Trinajstić information content (AvgIpc) is 2.90. The zero-order chi connectivity index (χ0) is 14.6. The molecule has 1 N–H and O–H groups in total. The van der Waals surface area contributed by atoms with Crippen LogP contribution in [0.3, 0.4) is 0 Å². The lowest BCUT2D eigenvalue weighted by molar-refractivity contribution is -0.127. The van der Waals surface area contributed by atoms with E-state index in [1.165, 1.54) is 12.1 Å². The first-order valence-corrected chi connectivity index (χ1v) is 7.14. The molecule has 0 aromatic heterocycles. The molecule has 3 nitrogen and oxygen atoms in total. The summed E-state index contributed by atoms with van der Waals surface area (Å²) in [5, 5.41) is 3.02. The maximum atomic E-state index is 13.1. The van der Waals surface area contributed by atoms with Crippen molar-refractivity contribution in [3.8, 4) is 0 Å². The maximum Gasteiger partial charge on any atom is 0.230 e. The Balaban J connectivity index is 2.21. The number of hydrogen-bond donors (Lipinski definition) is 1. The van der Waals surface area contributed by atoms with Crippen LogP contribution in [-0.2, 0) is 14.9 Å². The number of ether oxygens (including phenoxy) is 1. The third kappa shape index (κ3) is 3.01. The van der Waals surface area contributed by atoms with Crippen LogP contribution >= 0.6 is 0 Å². The topological polar surface area (TPSA) is 38.3 Å². The summed E-state index contributed by atoms with van der Waals surface area (Å²) in [4.78, 5) is 12.7. The van der Waals surface area contributed by atoms with Crippen molar-refractivity contribution in [3.05, 3.63) is 35.6 Å². The Kier molecular flexibility index (Phi) is 4.76. The fraction of sp³-hybridized carbons (Fsp3) is 0.562. The first-order valence-electron chi connectivity index (χ1n) is 7.14. The molecular weight excluding hydrogens is 257 g/mol.